The number of anilines is 1. The highest BCUT2D eigenvalue weighted by atomic mass is 35.5. The Morgan fingerprint density at radius 3 is 2.42 bits per heavy atom. The summed E-state index contributed by atoms with van der Waals surface area (Å²) in [6.07, 6.45) is -0.486. The molecule has 2 N–H and O–H groups in total. The van der Waals surface area contributed by atoms with Crippen molar-refractivity contribution in [3.8, 4) is 5.75 Å². The monoisotopic (exact) mass is 395 g/mol. The van der Waals surface area contributed by atoms with Crippen molar-refractivity contribution in [1.82, 2.24) is 0 Å². The molecule has 0 bridgehead atoms. The fourth-order valence-electron chi connectivity index (χ4n) is 3.31. The topological polar surface area (TPSA) is 37.1 Å². The standard InChI is InChI=1S/C20H24Cl2N2O2/c1-15-2-3-17(22)12-20(15)24-10-8-23(9-11-24)13-18(25)14-26-19-6-4-16(21)5-7-19/h2-7,12,18,25H,8-11,13-14H2,1H3/p+1/t18-/m0/s1. The maximum absolute atomic E-state index is 10.3. The SMILES string of the molecule is Cc1ccc(Cl)cc1N1CC[NH+](C[C@H](O)COc2ccc(Cl)cc2)CC1. The zero-order valence-corrected chi connectivity index (χ0v) is 16.4. The van der Waals surface area contributed by atoms with E-state index in [1.165, 1.54) is 16.2 Å². The molecule has 1 aliphatic rings. The normalized spacial score (nSPS) is 16.5. The molecule has 0 radical (unpaired) electrons. The molecule has 0 aromatic heterocycles. The molecule has 6 heteroatoms. The smallest absolute Gasteiger partial charge is 0.137 e. The summed E-state index contributed by atoms with van der Waals surface area (Å²) in [5, 5.41) is 11.7. The number of aliphatic hydroxyl groups excluding tert-OH is 1. The molecular weight excluding hydrogens is 371 g/mol. The van der Waals surface area contributed by atoms with Crippen molar-refractivity contribution in [2.45, 2.75) is 13.0 Å². The van der Waals surface area contributed by atoms with E-state index < -0.39 is 6.10 Å². The maximum atomic E-state index is 10.3. The van der Waals surface area contributed by atoms with Crippen LogP contribution in [-0.4, -0.2) is 50.5 Å². The highest BCUT2D eigenvalue weighted by molar-refractivity contribution is 6.31. The third-order valence-electron chi connectivity index (χ3n) is 4.76. The van der Waals surface area contributed by atoms with E-state index in [0.717, 1.165) is 37.0 Å². The number of ether oxygens (including phenoxy) is 1. The Labute approximate surface area is 164 Å². The van der Waals surface area contributed by atoms with Crippen LogP contribution in [0.25, 0.3) is 0 Å². The van der Waals surface area contributed by atoms with Gasteiger partial charge in [0.2, 0.25) is 0 Å². The second kappa shape index (κ2) is 8.96. The summed E-state index contributed by atoms with van der Waals surface area (Å²) in [7, 11) is 0. The first kappa shape index (κ1) is 19.3. The average molecular weight is 396 g/mol. The van der Waals surface area contributed by atoms with Crippen LogP contribution in [0.15, 0.2) is 42.5 Å². The van der Waals surface area contributed by atoms with Crippen molar-refractivity contribution in [1.29, 1.82) is 0 Å². The molecular formula is C20H25Cl2N2O2+. The van der Waals surface area contributed by atoms with Gasteiger partial charge in [0.25, 0.3) is 0 Å². The van der Waals surface area contributed by atoms with E-state index in [4.69, 9.17) is 27.9 Å². The first-order valence-electron chi connectivity index (χ1n) is 8.92. The lowest BCUT2D eigenvalue weighted by atomic mass is 10.1. The number of benzene rings is 2. The number of aliphatic hydroxyl groups is 1. The Morgan fingerprint density at radius 1 is 1.08 bits per heavy atom. The van der Waals surface area contributed by atoms with Gasteiger partial charge in [-0.1, -0.05) is 29.3 Å². The van der Waals surface area contributed by atoms with Crippen molar-refractivity contribution >= 4 is 28.9 Å². The van der Waals surface area contributed by atoms with Gasteiger partial charge in [-0.15, -0.1) is 0 Å². The summed E-state index contributed by atoms with van der Waals surface area (Å²) < 4.78 is 5.64. The Morgan fingerprint density at radius 2 is 1.73 bits per heavy atom. The molecule has 1 atom stereocenters. The number of hydrogen-bond donors (Lipinski definition) is 2. The van der Waals surface area contributed by atoms with Crippen LogP contribution in [0.1, 0.15) is 5.56 Å². The Balaban J connectivity index is 1.44. The van der Waals surface area contributed by atoms with Gasteiger partial charge >= 0.3 is 0 Å². The zero-order chi connectivity index (χ0) is 18.5. The average Bonchev–Trinajstić information content (AvgIpc) is 2.64. The van der Waals surface area contributed by atoms with Crippen LogP contribution in [0.4, 0.5) is 5.69 Å². The van der Waals surface area contributed by atoms with Crippen molar-refractivity contribution < 1.29 is 14.7 Å². The quantitative estimate of drug-likeness (QED) is 0.788. The largest absolute Gasteiger partial charge is 0.491 e. The summed E-state index contributed by atoms with van der Waals surface area (Å²) in [6.45, 7) is 7.00. The Bertz CT molecular complexity index is 716. The first-order valence-corrected chi connectivity index (χ1v) is 9.68. The molecule has 0 saturated carbocycles. The van der Waals surface area contributed by atoms with E-state index in [9.17, 15) is 5.11 Å². The molecule has 0 spiro atoms. The zero-order valence-electron chi connectivity index (χ0n) is 14.9. The van der Waals surface area contributed by atoms with E-state index in [-0.39, 0.29) is 0 Å². The second-order valence-corrected chi connectivity index (χ2v) is 7.66. The van der Waals surface area contributed by atoms with Crippen LogP contribution < -0.4 is 14.5 Å². The lowest BCUT2D eigenvalue weighted by molar-refractivity contribution is -0.903. The van der Waals surface area contributed by atoms with Gasteiger partial charge in [0.05, 0.1) is 26.2 Å². The molecule has 140 valence electrons. The minimum absolute atomic E-state index is 0.294. The summed E-state index contributed by atoms with van der Waals surface area (Å²) >= 11 is 12.0. The molecule has 2 aromatic rings. The predicted molar refractivity (Wildman–Crippen MR) is 107 cm³/mol. The maximum Gasteiger partial charge on any atom is 0.137 e. The van der Waals surface area contributed by atoms with Gasteiger partial charge < -0.3 is 19.6 Å². The summed E-state index contributed by atoms with van der Waals surface area (Å²) in [6, 6.07) is 13.2. The van der Waals surface area contributed by atoms with Gasteiger partial charge in [0, 0.05) is 15.7 Å². The molecule has 26 heavy (non-hydrogen) atoms. The van der Waals surface area contributed by atoms with Gasteiger partial charge in [0.15, 0.2) is 0 Å². The second-order valence-electron chi connectivity index (χ2n) is 6.79. The van der Waals surface area contributed by atoms with Crippen LogP contribution in [0, 0.1) is 6.92 Å². The predicted octanol–water partition coefficient (Wildman–Crippen LogP) is 2.45. The Hall–Kier alpha value is -1.46. The third-order valence-corrected chi connectivity index (χ3v) is 5.25. The molecule has 1 heterocycles. The molecule has 1 fully saturated rings. The molecule has 0 amide bonds. The van der Waals surface area contributed by atoms with Crippen molar-refractivity contribution in [3.05, 3.63) is 58.1 Å². The summed E-state index contributed by atoms with van der Waals surface area (Å²) in [5.74, 6) is 0.727. The van der Waals surface area contributed by atoms with E-state index in [1.54, 1.807) is 12.1 Å². The molecule has 2 aromatic carbocycles. The fraction of sp³-hybridized carbons (Fsp3) is 0.400. The van der Waals surface area contributed by atoms with Crippen molar-refractivity contribution in [2.75, 3.05) is 44.2 Å². The lowest BCUT2D eigenvalue weighted by Crippen LogP contribution is -3.16. The molecule has 0 unspecified atom stereocenters. The highest BCUT2D eigenvalue weighted by Gasteiger charge is 2.23. The van der Waals surface area contributed by atoms with E-state index in [1.807, 2.05) is 24.3 Å². The lowest BCUT2D eigenvalue weighted by Gasteiger charge is -2.35. The van der Waals surface area contributed by atoms with Crippen molar-refractivity contribution in [3.63, 3.8) is 0 Å². The van der Waals surface area contributed by atoms with Crippen LogP contribution in [-0.2, 0) is 0 Å². The number of aryl methyl sites for hydroxylation is 1. The fourth-order valence-corrected chi connectivity index (χ4v) is 3.60. The molecule has 3 rings (SSSR count). The molecule has 0 aliphatic carbocycles. The number of quaternary nitrogens is 1. The van der Waals surface area contributed by atoms with Gasteiger partial charge in [-0.2, -0.15) is 0 Å². The van der Waals surface area contributed by atoms with Crippen LogP contribution in [0.5, 0.6) is 5.75 Å². The van der Waals surface area contributed by atoms with Gasteiger partial charge in [0.1, 0.15) is 25.0 Å². The molecule has 1 saturated heterocycles. The van der Waals surface area contributed by atoms with E-state index in [2.05, 4.69) is 17.9 Å². The molecule has 1 aliphatic heterocycles. The van der Waals surface area contributed by atoms with E-state index in [0.29, 0.717) is 18.2 Å². The number of nitrogens with zero attached hydrogens (tertiary/aromatic N) is 1. The number of rotatable bonds is 6. The van der Waals surface area contributed by atoms with Crippen LogP contribution in [0.2, 0.25) is 10.0 Å². The van der Waals surface area contributed by atoms with Crippen LogP contribution in [0.3, 0.4) is 0 Å². The highest BCUT2D eigenvalue weighted by Crippen LogP contribution is 2.24. The van der Waals surface area contributed by atoms with Gasteiger partial charge in [-0.25, -0.2) is 0 Å². The minimum Gasteiger partial charge on any atom is -0.491 e. The van der Waals surface area contributed by atoms with Crippen LogP contribution >= 0.6 is 23.2 Å². The third kappa shape index (κ3) is 5.27. The minimum atomic E-state index is -0.486. The summed E-state index contributed by atoms with van der Waals surface area (Å²) in [5.41, 5.74) is 2.46. The number of nitrogens with one attached hydrogen (secondary N) is 1. The van der Waals surface area contributed by atoms with E-state index >= 15 is 0 Å². The first-order chi connectivity index (χ1) is 12.5. The Kier molecular flexibility index (Phi) is 6.65. The molecule has 4 nitrogen and oxygen atoms in total. The summed E-state index contributed by atoms with van der Waals surface area (Å²) in [4.78, 5) is 3.77. The number of piperazine rings is 1. The van der Waals surface area contributed by atoms with Crippen molar-refractivity contribution in [2.24, 2.45) is 0 Å². The van der Waals surface area contributed by atoms with Gasteiger partial charge in [-0.05, 0) is 48.9 Å². The van der Waals surface area contributed by atoms with Gasteiger partial charge in [-0.3, -0.25) is 0 Å². The number of hydrogen-bond acceptors (Lipinski definition) is 3. The number of halogens is 2.